The van der Waals surface area contributed by atoms with E-state index >= 15 is 0 Å². The number of nitrogens with one attached hydrogen (secondary N) is 1. The van der Waals surface area contributed by atoms with Gasteiger partial charge in [-0.05, 0) is 41.2 Å². The molecule has 0 saturated heterocycles. The Bertz CT molecular complexity index is 543. The zero-order valence-electron chi connectivity index (χ0n) is 9.62. The average molecular weight is 313 g/mol. The van der Waals surface area contributed by atoms with Gasteiger partial charge < -0.3 is 5.32 Å². The van der Waals surface area contributed by atoms with E-state index in [4.69, 9.17) is 0 Å². The molecule has 1 aromatic carbocycles. The van der Waals surface area contributed by atoms with Crippen LogP contribution < -0.4 is 5.32 Å². The van der Waals surface area contributed by atoms with E-state index in [-0.39, 0.29) is 0 Å². The molecule has 1 N–H and O–H groups in total. The Hall–Kier alpha value is -1.33. The highest BCUT2D eigenvalue weighted by Crippen LogP contribution is 2.24. The maximum Gasteiger partial charge on any atom is 0.131 e. The molecule has 1 unspecified atom stereocenters. The molecule has 2 rings (SSSR count). The van der Waals surface area contributed by atoms with Crippen molar-refractivity contribution >= 4 is 15.9 Å². The van der Waals surface area contributed by atoms with E-state index < -0.39 is 17.7 Å². The van der Waals surface area contributed by atoms with Gasteiger partial charge >= 0.3 is 0 Å². The maximum atomic E-state index is 13.7. The average Bonchev–Trinajstić information content (AvgIpc) is 2.35. The van der Waals surface area contributed by atoms with E-state index in [9.17, 15) is 8.78 Å². The first-order valence-corrected chi connectivity index (χ1v) is 6.15. The first kappa shape index (κ1) is 13.1. The van der Waals surface area contributed by atoms with Gasteiger partial charge in [0.2, 0.25) is 0 Å². The number of benzene rings is 1. The number of halogens is 3. The van der Waals surface area contributed by atoms with Gasteiger partial charge in [0, 0.05) is 22.3 Å². The summed E-state index contributed by atoms with van der Waals surface area (Å²) in [6, 6.07) is 6.75. The molecule has 5 heteroatoms. The smallest absolute Gasteiger partial charge is 0.131 e. The van der Waals surface area contributed by atoms with Crippen LogP contribution in [0.3, 0.4) is 0 Å². The van der Waals surface area contributed by atoms with E-state index in [2.05, 4.69) is 26.2 Å². The van der Waals surface area contributed by atoms with E-state index in [0.717, 1.165) is 10.5 Å². The van der Waals surface area contributed by atoms with Crippen LogP contribution in [0.4, 0.5) is 8.78 Å². The molecule has 0 aliphatic rings. The number of hydrogen-bond acceptors (Lipinski definition) is 2. The lowest BCUT2D eigenvalue weighted by molar-refractivity contribution is 0.548. The number of aromatic nitrogens is 1. The van der Waals surface area contributed by atoms with Gasteiger partial charge in [-0.2, -0.15) is 0 Å². The minimum absolute atomic E-state index is 0.369. The monoisotopic (exact) mass is 312 g/mol. The van der Waals surface area contributed by atoms with Gasteiger partial charge in [0.25, 0.3) is 0 Å². The second-order valence-corrected chi connectivity index (χ2v) is 4.70. The van der Waals surface area contributed by atoms with Crippen molar-refractivity contribution in [2.45, 2.75) is 6.04 Å². The summed E-state index contributed by atoms with van der Waals surface area (Å²) >= 11 is 3.29. The first-order valence-electron chi connectivity index (χ1n) is 5.35. The zero-order valence-corrected chi connectivity index (χ0v) is 11.2. The van der Waals surface area contributed by atoms with Crippen LogP contribution >= 0.6 is 15.9 Å². The van der Waals surface area contributed by atoms with Crippen LogP contribution in [0.1, 0.15) is 17.3 Å². The van der Waals surface area contributed by atoms with E-state index in [1.54, 1.807) is 19.3 Å². The summed E-state index contributed by atoms with van der Waals surface area (Å²) in [6.07, 6.45) is 1.64. The largest absolute Gasteiger partial charge is 0.308 e. The van der Waals surface area contributed by atoms with Crippen molar-refractivity contribution in [2.24, 2.45) is 0 Å². The number of rotatable bonds is 3. The molecule has 94 valence electrons. The molecule has 0 aliphatic carbocycles. The third kappa shape index (κ3) is 2.73. The standard InChI is InChI=1S/C13H11BrF2N2/c1-17-13(12-5-2-8(14)7-18-12)10-4-3-9(15)6-11(10)16/h2-7,13,17H,1H3. The Balaban J connectivity index is 2.41. The van der Waals surface area contributed by atoms with Crippen molar-refractivity contribution in [3.8, 4) is 0 Å². The highest BCUT2D eigenvalue weighted by atomic mass is 79.9. The number of hydrogen-bond donors (Lipinski definition) is 1. The minimum atomic E-state index is -0.588. The first-order chi connectivity index (χ1) is 8.61. The van der Waals surface area contributed by atoms with Gasteiger partial charge in [-0.15, -0.1) is 0 Å². The highest BCUT2D eigenvalue weighted by molar-refractivity contribution is 9.10. The summed E-state index contributed by atoms with van der Waals surface area (Å²) < 4.78 is 27.5. The normalized spacial score (nSPS) is 12.4. The minimum Gasteiger partial charge on any atom is -0.308 e. The van der Waals surface area contributed by atoms with Crippen molar-refractivity contribution in [1.82, 2.24) is 10.3 Å². The molecule has 1 atom stereocenters. The molecule has 2 nitrogen and oxygen atoms in total. The fourth-order valence-corrected chi connectivity index (χ4v) is 1.99. The third-order valence-corrected chi connectivity index (χ3v) is 3.08. The van der Waals surface area contributed by atoms with Gasteiger partial charge in [-0.25, -0.2) is 8.78 Å². The van der Waals surface area contributed by atoms with Gasteiger partial charge in [-0.1, -0.05) is 6.07 Å². The summed E-state index contributed by atoms with van der Waals surface area (Å²) in [5.74, 6) is -1.17. The molecule has 18 heavy (non-hydrogen) atoms. The Morgan fingerprint density at radius 2 is 2.00 bits per heavy atom. The van der Waals surface area contributed by atoms with Crippen LogP contribution in [0.5, 0.6) is 0 Å². The zero-order chi connectivity index (χ0) is 13.1. The van der Waals surface area contributed by atoms with Crippen LogP contribution in [0.25, 0.3) is 0 Å². The quantitative estimate of drug-likeness (QED) is 0.939. The lowest BCUT2D eigenvalue weighted by atomic mass is 10.0. The molecule has 1 aromatic heterocycles. The Morgan fingerprint density at radius 1 is 1.22 bits per heavy atom. The second kappa shape index (κ2) is 5.54. The maximum absolute atomic E-state index is 13.7. The molecule has 0 aliphatic heterocycles. The fraction of sp³-hybridized carbons (Fsp3) is 0.154. The summed E-state index contributed by atoms with van der Waals surface area (Å²) in [5, 5.41) is 2.97. The van der Waals surface area contributed by atoms with E-state index in [1.807, 2.05) is 6.07 Å². The van der Waals surface area contributed by atoms with Gasteiger partial charge in [0.15, 0.2) is 0 Å². The van der Waals surface area contributed by atoms with Crippen LogP contribution in [0.15, 0.2) is 41.0 Å². The molecule has 2 aromatic rings. The van der Waals surface area contributed by atoms with E-state index in [1.165, 1.54) is 12.1 Å². The molecule has 0 bridgehead atoms. The lowest BCUT2D eigenvalue weighted by Crippen LogP contribution is -2.20. The van der Waals surface area contributed by atoms with Crippen molar-refractivity contribution in [3.63, 3.8) is 0 Å². The molecule has 0 radical (unpaired) electrons. The summed E-state index contributed by atoms with van der Waals surface area (Å²) in [7, 11) is 1.71. The summed E-state index contributed by atoms with van der Waals surface area (Å²) in [4.78, 5) is 4.22. The van der Waals surface area contributed by atoms with E-state index in [0.29, 0.717) is 11.3 Å². The molecular weight excluding hydrogens is 302 g/mol. The van der Waals surface area contributed by atoms with Crippen LogP contribution in [-0.2, 0) is 0 Å². The van der Waals surface area contributed by atoms with Gasteiger partial charge in [0.05, 0.1) is 11.7 Å². The van der Waals surface area contributed by atoms with Crippen LogP contribution in [0, 0.1) is 11.6 Å². The predicted octanol–water partition coefficient (Wildman–Crippen LogP) is 3.43. The highest BCUT2D eigenvalue weighted by Gasteiger charge is 2.17. The summed E-state index contributed by atoms with van der Waals surface area (Å²) in [5.41, 5.74) is 1.04. The Morgan fingerprint density at radius 3 is 2.56 bits per heavy atom. The Kier molecular flexibility index (Phi) is 4.04. The fourth-order valence-electron chi connectivity index (χ4n) is 1.76. The van der Waals surface area contributed by atoms with Crippen molar-refractivity contribution in [2.75, 3.05) is 7.05 Å². The second-order valence-electron chi connectivity index (χ2n) is 3.79. The molecule has 0 amide bonds. The SMILES string of the molecule is CNC(c1ccc(Br)cn1)c1ccc(F)cc1F. The van der Waals surface area contributed by atoms with Gasteiger partial charge in [0.1, 0.15) is 11.6 Å². The number of pyridine rings is 1. The topological polar surface area (TPSA) is 24.9 Å². The van der Waals surface area contributed by atoms with Crippen molar-refractivity contribution in [1.29, 1.82) is 0 Å². The molecule has 0 spiro atoms. The van der Waals surface area contributed by atoms with Crippen molar-refractivity contribution < 1.29 is 8.78 Å². The molecule has 1 heterocycles. The van der Waals surface area contributed by atoms with Crippen LogP contribution in [-0.4, -0.2) is 12.0 Å². The van der Waals surface area contributed by atoms with Crippen LogP contribution in [0.2, 0.25) is 0 Å². The van der Waals surface area contributed by atoms with Gasteiger partial charge in [-0.3, -0.25) is 4.98 Å². The Labute approximate surface area is 112 Å². The number of nitrogens with zero attached hydrogens (tertiary/aromatic N) is 1. The molecule has 0 fully saturated rings. The summed E-state index contributed by atoms with van der Waals surface area (Å²) in [6.45, 7) is 0. The lowest BCUT2D eigenvalue weighted by Gasteiger charge is -2.16. The third-order valence-electron chi connectivity index (χ3n) is 2.61. The van der Waals surface area contributed by atoms with Crippen molar-refractivity contribution in [3.05, 3.63) is 63.9 Å². The predicted molar refractivity (Wildman–Crippen MR) is 69.2 cm³/mol. The molecular formula is C13H11BrF2N2. The molecule has 0 saturated carbocycles.